The van der Waals surface area contributed by atoms with Gasteiger partial charge in [-0.05, 0) is 31.5 Å². The van der Waals surface area contributed by atoms with Crippen LogP contribution in [0.3, 0.4) is 0 Å². The Bertz CT molecular complexity index is 421. The molecule has 4 nitrogen and oxygen atoms in total. The molecule has 0 saturated carbocycles. The van der Waals surface area contributed by atoms with Crippen molar-refractivity contribution in [3.05, 3.63) is 35.9 Å². The summed E-state index contributed by atoms with van der Waals surface area (Å²) in [5, 5.41) is 2.91. The predicted octanol–water partition coefficient (Wildman–Crippen LogP) is 1.19. The molecular weight excluding hydrogens is 250 g/mol. The van der Waals surface area contributed by atoms with Crippen molar-refractivity contribution in [3.8, 4) is 0 Å². The van der Waals surface area contributed by atoms with Crippen LogP contribution in [0, 0.1) is 5.92 Å². The van der Waals surface area contributed by atoms with Crippen LogP contribution < -0.4 is 5.32 Å². The lowest BCUT2D eigenvalue weighted by molar-refractivity contribution is -0.129. The van der Waals surface area contributed by atoms with Gasteiger partial charge in [-0.15, -0.1) is 0 Å². The van der Waals surface area contributed by atoms with E-state index in [9.17, 15) is 4.79 Å². The molecule has 1 N–H and O–H groups in total. The largest absolute Gasteiger partial charge is 0.344 e. The van der Waals surface area contributed by atoms with Gasteiger partial charge < -0.3 is 10.2 Å². The van der Waals surface area contributed by atoms with Crippen molar-refractivity contribution in [2.45, 2.75) is 13.0 Å². The van der Waals surface area contributed by atoms with Crippen LogP contribution in [0.2, 0.25) is 0 Å². The third-order valence-corrected chi connectivity index (χ3v) is 3.90. The molecule has 1 aliphatic heterocycles. The van der Waals surface area contributed by atoms with Crippen LogP contribution in [-0.4, -0.2) is 56.0 Å². The fourth-order valence-electron chi connectivity index (χ4n) is 2.82. The molecule has 2 rings (SSSR count). The highest BCUT2D eigenvalue weighted by atomic mass is 16.2. The Morgan fingerprint density at radius 1 is 1.40 bits per heavy atom. The lowest BCUT2D eigenvalue weighted by atomic mass is 10.1. The van der Waals surface area contributed by atoms with Crippen LogP contribution >= 0.6 is 0 Å². The van der Waals surface area contributed by atoms with Crippen LogP contribution in [0.1, 0.15) is 12.0 Å². The minimum Gasteiger partial charge on any atom is -0.344 e. The maximum atomic E-state index is 11.8. The normalized spacial score (nSPS) is 19.2. The molecule has 1 amide bonds. The first kappa shape index (κ1) is 15.0. The molecule has 0 aromatic heterocycles. The maximum absolute atomic E-state index is 11.8. The number of benzene rings is 1. The third kappa shape index (κ3) is 4.32. The molecule has 1 saturated heterocycles. The number of likely N-dealkylation sites (tertiary alicyclic amines) is 1. The Morgan fingerprint density at radius 3 is 2.85 bits per heavy atom. The van der Waals surface area contributed by atoms with Crippen LogP contribution in [0.5, 0.6) is 0 Å². The number of likely N-dealkylation sites (N-methyl/N-ethyl adjacent to an activating group) is 2. The first-order chi connectivity index (χ1) is 9.69. The van der Waals surface area contributed by atoms with Crippen LogP contribution in [-0.2, 0) is 11.3 Å². The average molecular weight is 275 g/mol. The summed E-state index contributed by atoms with van der Waals surface area (Å²) < 4.78 is 0. The van der Waals surface area contributed by atoms with Gasteiger partial charge in [0.05, 0.1) is 6.54 Å². The van der Waals surface area contributed by atoms with Gasteiger partial charge in [-0.25, -0.2) is 0 Å². The monoisotopic (exact) mass is 275 g/mol. The smallest absolute Gasteiger partial charge is 0.236 e. The Morgan fingerprint density at radius 2 is 2.15 bits per heavy atom. The van der Waals surface area contributed by atoms with Gasteiger partial charge in [-0.2, -0.15) is 0 Å². The van der Waals surface area contributed by atoms with Gasteiger partial charge >= 0.3 is 0 Å². The number of rotatable bonds is 6. The molecule has 4 heteroatoms. The molecule has 110 valence electrons. The van der Waals surface area contributed by atoms with Crippen molar-refractivity contribution in [2.24, 2.45) is 5.92 Å². The van der Waals surface area contributed by atoms with Gasteiger partial charge in [0.15, 0.2) is 0 Å². The van der Waals surface area contributed by atoms with Crippen molar-refractivity contribution in [2.75, 3.05) is 40.3 Å². The summed E-state index contributed by atoms with van der Waals surface area (Å²) in [5.74, 6) is 0.776. The van der Waals surface area contributed by atoms with E-state index in [1.807, 2.05) is 19.0 Å². The highest BCUT2D eigenvalue weighted by Gasteiger charge is 2.24. The number of nitrogens with zero attached hydrogens (tertiary/aromatic N) is 2. The highest BCUT2D eigenvalue weighted by Crippen LogP contribution is 2.19. The first-order valence-electron chi connectivity index (χ1n) is 7.34. The zero-order valence-electron chi connectivity index (χ0n) is 12.5. The quantitative estimate of drug-likeness (QED) is 0.847. The lowest BCUT2D eigenvalue weighted by Gasteiger charge is -2.22. The van der Waals surface area contributed by atoms with E-state index in [4.69, 9.17) is 0 Å². The van der Waals surface area contributed by atoms with Crippen molar-refractivity contribution in [1.82, 2.24) is 15.1 Å². The van der Waals surface area contributed by atoms with Crippen LogP contribution in [0.4, 0.5) is 0 Å². The third-order valence-electron chi connectivity index (χ3n) is 3.90. The predicted molar refractivity (Wildman–Crippen MR) is 81.4 cm³/mol. The van der Waals surface area contributed by atoms with E-state index in [1.54, 1.807) is 0 Å². The SMILES string of the molecule is CNCC(=O)N(C)CC1CCN(Cc2ccccc2)C1. The van der Waals surface area contributed by atoms with Crippen molar-refractivity contribution in [1.29, 1.82) is 0 Å². The van der Waals surface area contributed by atoms with E-state index >= 15 is 0 Å². The molecule has 1 unspecified atom stereocenters. The summed E-state index contributed by atoms with van der Waals surface area (Å²) in [6.07, 6.45) is 1.18. The Hall–Kier alpha value is -1.39. The number of carbonyl (C=O) groups excluding carboxylic acids is 1. The number of hydrogen-bond donors (Lipinski definition) is 1. The van der Waals surface area contributed by atoms with E-state index < -0.39 is 0 Å². The fourth-order valence-corrected chi connectivity index (χ4v) is 2.82. The first-order valence-corrected chi connectivity index (χ1v) is 7.34. The van der Waals surface area contributed by atoms with Crippen LogP contribution in [0.15, 0.2) is 30.3 Å². The molecule has 0 aliphatic carbocycles. The maximum Gasteiger partial charge on any atom is 0.236 e. The molecule has 1 aromatic rings. The molecule has 1 heterocycles. The molecule has 1 aromatic carbocycles. The summed E-state index contributed by atoms with van der Waals surface area (Å²) in [4.78, 5) is 16.1. The van der Waals surface area contributed by atoms with Gasteiger partial charge in [-0.3, -0.25) is 9.69 Å². The molecule has 0 spiro atoms. The minimum atomic E-state index is 0.175. The van der Waals surface area contributed by atoms with Gasteiger partial charge in [0.2, 0.25) is 5.91 Å². The Balaban J connectivity index is 1.76. The van der Waals surface area contributed by atoms with E-state index in [1.165, 1.54) is 12.0 Å². The molecule has 0 bridgehead atoms. The van der Waals surface area contributed by atoms with E-state index in [-0.39, 0.29) is 5.91 Å². The second-order valence-corrected chi connectivity index (χ2v) is 5.68. The van der Waals surface area contributed by atoms with Crippen molar-refractivity contribution < 1.29 is 4.79 Å². The van der Waals surface area contributed by atoms with E-state index in [0.717, 1.165) is 26.2 Å². The average Bonchev–Trinajstić information content (AvgIpc) is 2.87. The number of nitrogens with one attached hydrogen (secondary N) is 1. The fraction of sp³-hybridized carbons (Fsp3) is 0.562. The van der Waals surface area contributed by atoms with Crippen LogP contribution in [0.25, 0.3) is 0 Å². The molecule has 0 radical (unpaired) electrons. The van der Waals surface area contributed by atoms with Gasteiger partial charge in [0, 0.05) is 26.7 Å². The van der Waals surface area contributed by atoms with Crippen molar-refractivity contribution in [3.63, 3.8) is 0 Å². The van der Waals surface area contributed by atoms with Gasteiger partial charge in [-0.1, -0.05) is 30.3 Å². The number of amides is 1. The Labute approximate surface area is 121 Å². The summed E-state index contributed by atoms with van der Waals surface area (Å²) in [7, 11) is 3.71. The Kier molecular flexibility index (Phi) is 5.56. The summed E-state index contributed by atoms with van der Waals surface area (Å²) in [6.45, 7) is 4.54. The summed E-state index contributed by atoms with van der Waals surface area (Å²) in [5.41, 5.74) is 1.37. The number of carbonyl (C=O) groups is 1. The molecule has 1 atom stereocenters. The summed E-state index contributed by atoms with van der Waals surface area (Å²) >= 11 is 0. The second kappa shape index (κ2) is 7.41. The minimum absolute atomic E-state index is 0.175. The summed E-state index contributed by atoms with van der Waals surface area (Å²) in [6, 6.07) is 10.6. The second-order valence-electron chi connectivity index (χ2n) is 5.68. The van der Waals surface area contributed by atoms with E-state index in [2.05, 4.69) is 40.5 Å². The van der Waals surface area contributed by atoms with Crippen molar-refractivity contribution >= 4 is 5.91 Å². The lowest BCUT2D eigenvalue weighted by Crippen LogP contribution is -2.37. The van der Waals surface area contributed by atoms with Gasteiger partial charge in [0.1, 0.15) is 0 Å². The zero-order valence-corrected chi connectivity index (χ0v) is 12.5. The topological polar surface area (TPSA) is 35.6 Å². The molecule has 1 aliphatic rings. The standard InChI is InChI=1S/C16H25N3O/c1-17-10-16(20)18(2)11-15-8-9-19(13-15)12-14-6-4-3-5-7-14/h3-7,15,17H,8-13H2,1-2H3. The molecule has 20 heavy (non-hydrogen) atoms. The number of hydrogen-bond acceptors (Lipinski definition) is 3. The van der Waals surface area contributed by atoms with Gasteiger partial charge in [0.25, 0.3) is 0 Å². The molecule has 1 fully saturated rings. The highest BCUT2D eigenvalue weighted by molar-refractivity contribution is 5.77. The van der Waals surface area contributed by atoms with E-state index in [0.29, 0.717) is 12.5 Å². The molecular formula is C16H25N3O. The zero-order chi connectivity index (χ0) is 14.4.